The molecule has 0 radical (unpaired) electrons. The van der Waals surface area contributed by atoms with Crippen LogP contribution in [-0.4, -0.2) is 34.2 Å². The maximum Gasteiger partial charge on any atom is 0.154 e. The fraction of sp³-hybridized carbons (Fsp3) is 0.433. The van der Waals surface area contributed by atoms with Crippen LogP contribution in [0.2, 0.25) is 0 Å². The molecule has 7 heteroatoms. The maximum atomic E-state index is 14.7. The quantitative estimate of drug-likeness (QED) is 0.375. The first-order chi connectivity index (χ1) is 17.9. The highest BCUT2D eigenvalue weighted by Gasteiger charge is 2.19. The van der Waals surface area contributed by atoms with Gasteiger partial charge >= 0.3 is 0 Å². The van der Waals surface area contributed by atoms with Gasteiger partial charge in [-0.3, -0.25) is 4.79 Å². The first-order valence-electron chi connectivity index (χ1n) is 13.4. The second kappa shape index (κ2) is 13.8. The Morgan fingerprint density at radius 1 is 0.919 bits per heavy atom. The van der Waals surface area contributed by atoms with Crippen LogP contribution in [0, 0.1) is 11.7 Å². The summed E-state index contributed by atoms with van der Waals surface area (Å²) in [6, 6.07) is 13.7. The summed E-state index contributed by atoms with van der Waals surface area (Å²) in [7, 11) is 0. The van der Waals surface area contributed by atoms with Gasteiger partial charge in [0, 0.05) is 29.5 Å². The number of rotatable bonds is 3. The highest BCUT2D eigenvalue weighted by molar-refractivity contribution is 5.80. The van der Waals surface area contributed by atoms with Crippen molar-refractivity contribution in [1.29, 1.82) is 0 Å². The normalized spacial score (nSPS) is 16.3. The second-order valence-corrected chi connectivity index (χ2v) is 9.53. The summed E-state index contributed by atoms with van der Waals surface area (Å²) in [5.41, 5.74) is 9.00. The Bertz CT molecular complexity index is 1170. The largest absolute Gasteiger partial charge is 0.507 e. The van der Waals surface area contributed by atoms with Crippen LogP contribution in [-0.2, 0) is 4.79 Å². The lowest BCUT2D eigenvalue weighted by Gasteiger charge is -2.23. The van der Waals surface area contributed by atoms with Gasteiger partial charge < -0.3 is 16.2 Å². The number of aromatic nitrogens is 2. The number of nitrogens with two attached hydrogens (primary N) is 1. The third kappa shape index (κ3) is 7.59. The van der Waals surface area contributed by atoms with Crippen LogP contribution in [0.1, 0.15) is 70.8 Å². The SMILES string of the molecule is CC.CC1CCC(=O)CC1.Nc1nnc(-c2ccccc2O)cc1-c1cc(C2CCNCC2)ccc1F. The topological polar surface area (TPSA) is 101 Å². The zero-order chi connectivity index (χ0) is 26.8. The summed E-state index contributed by atoms with van der Waals surface area (Å²) in [5, 5.41) is 21.5. The van der Waals surface area contributed by atoms with E-state index in [0.717, 1.165) is 63.1 Å². The number of hydrogen-bond acceptors (Lipinski definition) is 6. The molecular formula is C30H39FN4O2. The molecule has 1 aromatic heterocycles. The summed E-state index contributed by atoms with van der Waals surface area (Å²) in [6.45, 7) is 8.15. The van der Waals surface area contributed by atoms with Crippen molar-refractivity contribution in [3.63, 3.8) is 0 Å². The van der Waals surface area contributed by atoms with Crippen molar-refractivity contribution in [2.24, 2.45) is 5.92 Å². The van der Waals surface area contributed by atoms with Crippen LogP contribution in [0.5, 0.6) is 5.75 Å². The highest BCUT2D eigenvalue weighted by Crippen LogP contribution is 2.35. The Labute approximate surface area is 219 Å². The van der Waals surface area contributed by atoms with Crippen LogP contribution >= 0.6 is 0 Å². The fourth-order valence-corrected chi connectivity index (χ4v) is 4.68. The van der Waals surface area contributed by atoms with Crippen LogP contribution in [0.3, 0.4) is 0 Å². The molecule has 0 bridgehead atoms. The van der Waals surface area contributed by atoms with E-state index in [9.17, 15) is 14.3 Å². The zero-order valence-corrected chi connectivity index (χ0v) is 22.1. The number of aromatic hydroxyl groups is 1. The van der Waals surface area contributed by atoms with Gasteiger partial charge in [0.2, 0.25) is 0 Å². The third-order valence-corrected chi connectivity index (χ3v) is 6.93. The standard InChI is InChI=1S/C21H21FN4O.C7H12O.C2H6/c22-18-6-5-14(13-7-9-24-10-8-13)11-16(18)17-12-19(25-26-21(17)23)15-3-1-2-4-20(15)27;1-6-2-4-7(8)5-3-6;1-2/h1-6,11-13,24,27H,7-10H2,(H2,23,26);6H,2-5H2,1H3;1-2H3. The molecule has 2 aromatic carbocycles. The second-order valence-electron chi connectivity index (χ2n) is 9.53. The number of Topliss-reactive ketones (excluding diaryl/α,β-unsaturated/α-hetero) is 1. The molecule has 2 fully saturated rings. The molecule has 6 nitrogen and oxygen atoms in total. The van der Waals surface area contributed by atoms with Crippen molar-refractivity contribution in [2.45, 2.75) is 65.2 Å². The van der Waals surface area contributed by atoms with E-state index in [4.69, 9.17) is 5.73 Å². The van der Waals surface area contributed by atoms with Crippen molar-refractivity contribution in [1.82, 2.24) is 15.5 Å². The van der Waals surface area contributed by atoms with E-state index in [0.29, 0.717) is 34.1 Å². The predicted molar refractivity (Wildman–Crippen MR) is 148 cm³/mol. The number of nitrogens with one attached hydrogen (secondary N) is 1. The molecule has 2 heterocycles. The van der Waals surface area contributed by atoms with Crippen LogP contribution in [0.4, 0.5) is 10.2 Å². The van der Waals surface area contributed by atoms with E-state index < -0.39 is 0 Å². The lowest BCUT2D eigenvalue weighted by molar-refractivity contribution is -0.120. The minimum absolute atomic E-state index is 0.0893. The number of carbonyl (C=O) groups is 1. The predicted octanol–water partition coefficient (Wildman–Crippen LogP) is 6.50. The number of hydrogen-bond donors (Lipinski definition) is 3. The summed E-state index contributed by atoms with van der Waals surface area (Å²) < 4.78 is 14.7. The zero-order valence-electron chi connectivity index (χ0n) is 22.1. The van der Waals surface area contributed by atoms with Gasteiger partial charge in [0.15, 0.2) is 5.82 Å². The number of ketones is 1. The van der Waals surface area contributed by atoms with Gasteiger partial charge in [-0.05, 0) is 86.5 Å². The van der Waals surface area contributed by atoms with Crippen molar-refractivity contribution in [3.05, 3.63) is 59.9 Å². The van der Waals surface area contributed by atoms with Gasteiger partial charge in [-0.25, -0.2) is 4.39 Å². The van der Waals surface area contributed by atoms with Crippen LogP contribution < -0.4 is 11.1 Å². The van der Waals surface area contributed by atoms with Gasteiger partial charge in [0.05, 0.1) is 5.69 Å². The summed E-state index contributed by atoms with van der Waals surface area (Å²) >= 11 is 0. The van der Waals surface area contributed by atoms with Crippen LogP contribution in [0.25, 0.3) is 22.4 Å². The van der Waals surface area contributed by atoms with E-state index >= 15 is 0 Å². The Balaban J connectivity index is 0.000000322. The molecule has 5 rings (SSSR count). The average Bonchev–Trinajstić information content (AvgIpc) is 2.93. The van der Waals surface area contributed by atoms with Gasteiger partial charge in [-0.2, -0.15) is 0 Å². The Morgan fingerprint density at radius 3 is 2.24 bits per heavy atom. The first kappa shape index (κ1) is 28.3. The summed E-state index contributed by atoms with van der Waals surface area (Å²) in [6.07, 6.45) is 5.97. The molecule has 1 aliphatic carbocycles. The number of piperidine rings is 1. The fourth-order valence-electron chi connectivity index (χ4n) is 4.68. The van der Waals surface area contributed by atoms with Gasteiger partial charge in [-0.15, -0.1) is 10.2 Å². The number of carbonyl (C=O) groups excluding carboxylic acids is 1. The molecule has 1 saturated heterocycles. The molecule has 198 valence electrons. The Morgan fingerprint density at radius 2 is 1.59 bits per heavy atom. The van der Waals surface area contributed by atoms with Gasteiger partial charge in [-0.1, -0.05) is 39.0 Å². The van der Waals surface area contributed by atoms with Crippen molar-refractivity contribution in [3.8, 4) is 28.1 Å². The molecule has 2 aliphatic rings. The van der Waals surface area contributed by atoms with Crippen molar-refractivity contribution >= 4 is 11.6 Å². The minimum Gasteiger partial charge on any atom is -0.507 e. The van der Waals surface area contributed by atoms with Crippen molar-refractivity contribution < 1.29 is 14.3 Å². The molecule has 3 aromatic rings. The monoisotopic (exact) mass is 506 g/mol. The Kier molecular flexibility index (Phi) is 10.6. The number of anilines is 1. The molecule has 37 heavy (non-hydrogen) atoms. The summed E-state index contributed by atoms with van der Waals surface area (Å²) in [5.74, 6) is 1.56. The van der Waals surface area contributed by atoms with E-state index in [1.807, 2.05) is 26.0 Å². The highest BCUT2D eigenvalue weighted by atomic mass is 19.1. The van der Waals surface area contributed by atoms with E-state index in [2.05, 4.69) is 22.4 Å². The smallest absolute Gasteiger partial charge is 0.154 e. The number of nitrogens with zero attached hydrogens (tertiary/aromatic N) is 2. The maximum absolute atomic E-state index is 14.7. The van der Waals surface area contributed by atoms with Gasteiger partial charge in [0.1, 0.15) is 17.3 Å². The minimum atomic E-state index is -0.351. The lowest BCUT2D eigenvalue weighted by atomic mass is 9.88. The molecular weight excluding hydrogens is 467 g/mol. The molecule has 0 amide bonds. The number of phenols is 1. The molecule has 1 aliphatic heterocycles. The van der Waals surface area contributed by atoms with E-state index in [-0.39, 0.29) is 17.4 Å². The molecule has 4 N–H and O–H groups in total. The lowest BCUT2D eigenvalue weighted by Crippen LogP contribution is -2.26. The number of phenolic OH excluding ortho intramolecular Hbond substituents is 1. The summed E-state index contributed by atoms with van der Waals surface area (Å²) in [4.78, 5) is 10.6. The van der Waals surface area contributed by atoms with Gasteiger partial charge in [0.25, 0.3) is 0 Å². The first-order valence-corrected chi connectivity index (χ1v) is 13.4. The Hall–Kier alpha value is -3.32. The third-order valence-electron chi connectivity index (χ3n) is 6.93. The molecule has 1 saturated carbocycles. The molecule has 0 spiro atoms. The molecule has 0 unspecified atom stereocenters. The molecule has 0 atom stereocenters. The number of nitrogen functional groups attached to an aromatic ring is 1. The number of halogens is 1. The van der Waals surface area contributed by atoms with E-state index in [1.165, 1.54) is 6.07 Å². The number of benzene rings is 2. The van der Waals surface area contributed by atoms with Crippen LogP contribution in [0.15, 0.2) is 48.5 Å². The van der Waals surface area contributed by atoms with E-state index in [1.54, 1.807) is 30.3 Å². The average molecular weight is 507 g/mol. The number of para-hydroxylation sites is 1. The van der Waals surface area contributed by atoms with Crippen molar-refractivity contribution in [2.75, 3.05) is 18.8 Å².